The summed E-state index contributed by atoms with van der Waals surface area (Å²) in [5, 5.41) is 6.85. The maximum absolute atomic E-state index is 13.2. The molecule has 8 heteroatoms. The summed E-state index contributed by atoms with van der Waals surface area (Å²) in [6.07, 6.45) is 3.99. The molecule has 0 radical (unpaired) electrons. The van der Waals surface area contributed by atoms with Gasteiger partial charge in [-0.25, -0.2) is 5.43 Å². The van der Waals surface area contributed by atoms with Crippen molar-refractivity contribution in [2.75, 3.05) is 6.61 Å². The van der Waals surface area contributed by atoms with Crippen LogP contribution in [0.2, 0.25) is 0 Å². The van der Waals surface area contributed by atoms with Crippen LogP contribution in [0.5, 0.6) is 11.5 Å². The molecule has 7 nitrogen and oxygen atoms in total. The van der Waals surface area contributed by atoms with Crippen LogP contribution < -0.4 is 20.2 Å². The number of nitrogens with one attached hydrogen (secondary N) is 2. The lowest BCUT2D eigenvalue weighted by Crippen LogP contribution is -2.32. The molecule has 2 N–H and O–H groups in total. The molecule has 0 aliphatic carbocycles. The lowest BCUT2D eigenvalue weighted by atomic mass is 10.1. The van der Waals surface area contributed by atoms with E-state index in [1.54, 1.807) is 30.3 Å². The number of ether oxygens (including phenoxy) is 2. The fraction of sp³-hybridized carbons (Fsp3) is 0.121. The van der Waals surface area contributed by atoms with Gasteiger partial charge in [-0.15, -0.1) is 0 Å². The van der Waals surface area contributed by atoms with Gasteiger partial charge in [0.1, 0.15) is 23.8 Å². The highest BCUT2D eigenvalue weighted by Crippen LogP contribution is 2.19. The molecule has 0 fully saturated rings. The molecule has 0 saturated heterocycles. The standard InChI is InChI=1S/C33H30BrN3O4/c1-2-19-40-29-17-15-24(16-18-29)21-30(36-32(38)26-10-4-3-5-11-26)33(39)37-35-22-27-12-6-7-14-31(27)41-23-25-9-8-13-28(34)20-25/h3-18,20-22H,2,19,23H2,1H3,(H,36,38)(H,37,39). The summed E-state index contributed by atoms with van der Waals surface area (Å²) in [5.41, 5.74) is 5.38. The van der Waals surface area contributed by atoms with E-state index in [4.69, 9.17) is 9.47 Å². The molecule has 0 bridgehead atoms. The van der Waals surface area contributed by atoms with Gasteiger partial charge >= 0.3 is 0 Å². The topological polar surface area (TPSA) is 89.0 Å². The molecule has 4 rings (SSSR count). The molecule has 4 aromatic carbocycles. The molecule has 2 amide bonds. The minimum absolute atomic E-state index is 0.0393. The molecule has 0 spiro atoms. The lowest BCUT2D eigenvalue weighted by Gasteiger charge is -2.11. The van der Waals surface area contributed by atoms with Crippen molar-refractivity contribution in [3.63, 3.8) is 0 Å². The Hall–Kier alpha value is -4.69. The quantitative estimate of drug-likeness (QED) is 0.105. The second kappa shape index (κ2) is 15.2. The van der Waals surface area contributed by atoms with Gasteiger partial charge in [-0.3, -0.25) is 9.59 Å². The number of hydrogen-bond donors (Lipinski definition) is 2. The van der Waals surface area contributed by atoms with Crippen LogP contribution in [0.15, 0.2) is 118 Å². The van der Waals surface area contributed by atoms with Gasteiger partial charge in [-0.05, 0) is 72.2 Å². The van der Waals surface area contributed by atoms with Crippen molar-refractivity contribution in [3.8, 4) is 11.5 Å². The van der Waals surface area contributed by atoms with E-state index in [1.807, 2.05) is 85.8 Å². The first-order valence-electron chi connectivity index (χ1n) is 13.1. The van der Waals surface area contributed by atoms with Gasteiger partial charge in [0.15, 0.2) is 0 Å². The Bertz CT molecular complexity index is 1520. The van der Waals surface area contributed by atoms with E-state index in [-0.39, 0.29) is 5.70 Å². The van der Waals surface area contributed by atoms with Crippen molar-refractivity contribution in [2.24, 2.45) is 5.10 Å². The SMILES string of the molecule is CCCOc1ccc(C=C(NC(=O)c2ccccc2)C(=O)NN=Cc2ccccc2OCc2cccc(Br)c2)cc1. The Balaban J connectivity index is 1.48. The van der Waals surface area contributed by atoms with Crippen molar-refractivity contribution in [2.45, 2.75) is 20.0 Å². The second-order valence-electron chi connectivity index (χ2n) is 8.95. The monoisotopic (exact) mass is 611 g/mol. The summed E-state index contributed by atoms with van der Waals surface area (Å²) in [4.78, 5) is 26.0. The van der Waals surface area contributed by atoms with Crippen molar-refractivity contribution < 1.29 is 19.1 Å². The molecule has 0 atom stereocenters. The Kier molecular flexibility index (Phi) is 10.9. The number of nitrogens with zero attached hydrogens (tertiary/aromatic N) is 1. The lowest BCUT2D eigenvalue weighted by molar-refractivity contribution is -0.117. The summed E-state index contributed by atoms with van der Waals surface area (Å²) in [6, 6.07) is 31.2. The van der Waals surface area contributed by atoms with E-state index in [2.05, 4.69) is 31.8 Å². The second-order valence-corrected chi connectivity index (χ2v) is 9.87. The predicted octanol–water partition coefficient (Wildman–Crippen LogP) is 6.74. The summed E-state index contributed by atoms with van der Waals surface area (Å²) in [5.74, 6) is 0.354. The predicted molar refractivity (Wildman–Crippen MR) is 165 cm³/mol. The Morgan fingerprint density at radius 2 is 1.63 bits per heavy atom. The van der Waals surface area contributed by atoms with Gasteiger partial charge in [-0.1, -0.05) is 77.5 Å². The number of hydrazone groups is 1. The van der Waals surface area contributed by atoms with Crippen LogP contribution in [-0.4, -0.2) is 24.6 Å². The number of hydrogen-bond acceptors (Lipinski definition) is 5. The Morgan fingerprint density at radius 1 is 0.878 bits per heavy atom. The van der Waals surface area contributed by atoms with Gasteiger partial charge in [0.25, 0.3) is 11.8 Å². The minimum Gasteiger partial charge on any atom is -0.494 e. The first-order chi connectivity index (χ1) is 20.0. The van der Waals surface area contributed by atoms with Crippen LogP contribution in [0, 0.1) is 0 Å². The number of para-hydroxylation sites is 1. The number of carbonyl (C=O) groups excluding carboxylic acids is 2. The smallest absolute Gasteiger partial charge is 0.287 e. The zero-order valence-corrected chi connectivity index (χ0v) is 24.1. The largest absolute Gasteiger partial charge is 0.494 e. The Morgan fingerprint density at radius 3 is 2.39 bits per heavy atom. The molecule has 4 aromatic rings. The van der Waals surface area contributed by atoms with Gasteiger partial charge in [0.2, 0.25) is 0 Å². The van der Waals surface area contributed by atoms with E-state index in [9.17, 15) is 9.59 Å². The Labute approximate surface area is 248 Å². The normalized spacial score (nSPS) is 11.2. The van der Waals surface area contributed by atoms with Crippen LogP contribution in [0.3, 0.4) is 0 Å². The van der Waals surface area contributed by atoms with E-state index >= 15 is 0 Å². The van der Waals surface area contributed by atoms with Gasteiger partial charge in [0, 0.05) is 15.6 Å². The zero-order valence-electron chi connectivity index (χ0n) is 22.5. The van der Waals surface area contributed by atoms with Gasteiger partial charge in [0.05, 0.1) is 12.8 Å². The summed E-state index contributed by atoms with van der Waals surface area (Å²) in [7, 11) is 0. The highest BCUT2D eigenvalue weighted by molar-refractivity contribution is 9.10. The highest BCUT2D eigenvalue weighted by atomic mass is 79.9. The van der Waals surface area contributed by atoms with Gasteiger partial charge < -0.3 is 14.8 Å². The third-order valence-corrected chi connectivity index (χ3v) is 6.26. The third-order valence-electron chi connectivity index (χ3n) is 5.76. The number of halogens is 1. The molecule has 208 valence electrons. The number of amides is 2. The zero-order chi connectivity index (χ0) is 28.9. The van der Waals surface area contributed by atoms with Crippen LogP contribution in [0.1, 0.15) is 40.4 Å². The molecular formula is C33H30BrN3O4. The minimum atomic E-state index is -0.579. The van der Waals surface area contributed by atoms with Crippen LogP contribution in [0.4, 0.5) is 0 Å². The van der Waals surface area contributed by atoms with Crippen molar-refractivity contribution in [3.05, 3.63) is 136 Å². The summed E-state index contributed by atoms with van der Waals surface area (Å²) < 4.78 is 12.6. The van der Waals surface area contributed by atoms with E-state index in [0.717, 1.165) is 22.2 Å². The first-order valence-corrected chi connectivity index (χ1v) is 13.9. The van der Waals surface area contributed by atoms with Gasteiger partial charge in [-0.2, -0.15) is 5.10 Å². The number of rotatable bonds is 12. The summed E-state index contributed by atoms with van der Waals surface area (Å²) >= 11 is 3.47. The maximum atomic E-state index is 13.2. The molecule has 0 aliphatic heterocycles. The third kappa shape index (κ3) is 9.19. The van der Waals surface area contributed by atoms with E-state index < -0.39 is 11.8 Å². The molecular weight excluding hydrogens is 582 g/mol. The molecule has 0 aliphatic rings. The van der Waals surface area contributed by atoms with Crippen molar-refractivity contribution in [1.82, 2.24) is 10.7 Å². The van der Waals surface area contributed by atoms with Crippen LogP contribution in [0.25, 0.3) is 6.08 Å². The van der Waals surface area contributed by atoms with Crippen LogP contribution >= 0.6 is 15.9 Å². The highest BCUT2D eigenvalue weighted by Gasteiger charge is 2.14. The van der Waals surface area contributed by atoms with Crippen LogP contribution in [-0.2, 0) is 11.4 Å². The van der Waals surface area contributed by atoms with Crippen molar-refractivity contribution in [1.29, 1.82) is 0 Å². The number of carbonyl (C=O) groups is 2. The van der Waals surface area contributed by atoms with E-state index in [0.29, 0.717) is 35.7 Å². The molecule has 0 unspecified atom stereocenters. The molecule has 0 aromatic heterocycles. The van der Waals surface area contributed by atoms with Crippen molar-refractivity contribution >= 4 is 40.0 Å². The average molecular weight is 613 g/mol. The fourth-order valence-corrected chi connectivity index (χ4v) is 4.16. The van der Waals surface area contributed by atoms with E-state index in [1.165, 1.54) is 6.21 Å². The average Bonchev–Trinajstić information content (AvgIpc) is 3.00. The molecule has 0 saturated carbocycles. The fourth-order valence-electron chi connectivity index (χ4n) is 3.72. The maximum Gasteiger partial charge on any atom is 0.287 e. The molecule has 41 heavy (non-hydrogen) atoms. The molecule has 0 heterocycles. The number of benzene rings is 4. The first kappa shape index (κ1) is 29.3. The summed E-state index contributed by atoms with van der Waals surface area (Å²) in [6.45, 7) is 3.03.